The summed E-state index contributed by atoms with van der Waals surface area (Å²) >= 11 is 0. The van der Waals surface area contributed by atoms with Gasteiger partial charge in [-0.25, -0.2) is 4.79 Å². The van der Waals surface area contributed by atoms with Crippen molar-refractivity contribution in [3.63, 3.8) is 0 Å². The molecule has 2 aromatic carbocycles. The molecule has 0 aromatic heterocycles. The van der Waals surface area contributed by atoms with Crippen LogP contribution in [0.25, 0.3) is 0 Å². The van der Waals surface area contributed by atoms with Gasteiger partial charge in [-0.3, -0.25) is 4.79 Å². The number of amides is 1. The zero-order valence-electron chi connectivity index (χ0n) is 17.7. The standard InChI is InChI=1S/C22H27NO7/c1-5-6-11-29-18-9-7-15(12-19(18)27-3)22(25)30-14-21(24)23-16-8-10-17(26-2)20(13-16)28-4/h7-10,12-13H,5-6,11,14H2,1-4H3,(H,23,24). The number of unbranched alkanes of at least 4 members (excludes halogenated alkanes) is 1. The predicted molar refractivity (Wildman–Crippen MR) is 112 cm³/mol. The second-order valence-electron chi connectivity index (χ2n) is 6.26. The highest BCUT2D eigenvalue weighted by Gasteiger charge is 2.15. The van der Waals surface area contributed by atoms with Gasteiger partial charge in [-0.15, -0.1) is 0 Å². The van der Waals surface area contributed by atoms with Gasteiger partial charge in [-0.2, -0.15) is 0 Å². The summed E-state index contributed by atoms with van der Waals surface area (Å²) in [4.78, 5) is 24.4. The van der Waals surface area contributed by atoms with Gasteiger partial charge in [0.2, 0.25) is 0 Å². The van der Waals surface area contributed by atoms with Crippen LogP contribution in [0.5, 0.6) is 23.0 Å². The first-order valence-electron chi connectivity index (χ1n) is 9.52. The zero-order chi connectivity index (χ0) is 21.9. The van der Waals surface area contributed by atoms with E-state index in [2.05, 4.69) is 12.2 Å². The average molecular weight is 417 g/mol. The van der Waals surface area contributed by atoms with Gasteiger partial charge < -0.3 is 29.0 Å². The summed E-state index contributed by atoms with van der Waals surface area (Å²) in [5, 5.41) is 2.64. The monoisotopic (exact) mass is 417 g/mol. The van der Waals surface area contributed by atoms with Crippen LogP contribution in [0.1, 0.15) is 30.1 Å². The van der Waals surface area contributed by atoms with E-state index in [0.29, 0.717) is 35.3 Å². The Bertz CT molecular complexity index is 867. The number of carbonyl (C=O) groups excluding carboxylic acids is 2. The van der Waals surface area contributed by atoms with E-state index in [1.54, 1.807) is 30.3 Å². The zero-order valence-corrected chi connectivity index (χ0v) is 17.7. The third-order valence-electron chi connectivity index (χ3n) is 4.16. The van der Waals surface area contributed by atoms with Crippen LogP contribution in [0.3, 0.4) is 0 Å². The SMILES string of the molecule is CCCCOc1ccc(C(=O)OCC(=O)Nc2ccc(OC)c(OC)c2)cc1OC. The molecule has 0 aliphatic carbocycles. The minimum atomic E-state index is -0.643. The number of hydrogen-bond acceptors (Lipinski definition) is 7. The second kappa shape index (κ2) is 11.5. The molecule has 1 N–H and O–H groups in total. The Kier molecular flexibility index (Phi) is 8.80. The van der Waals surface area contributed by atoms with Crippen LogP contribution >= 0.6 is 0 Å². The molecule has 0 aliphatic rings. The Labute approximate surface area is 176 Å². The molecule has 0 saturated heterocycles. The first kappa shape index (κ1) is 22.9. The van der Waals surface area contributed by atoms with Crippen LogP contribution in [0.15, 0.2) is 36.4 Å². The smallest absolute Gasteiger partial charge is 0.338 e. The molecule has 0 aliphatic heterocycles. The van der Waals surface area contributed by atoms with Gasteiger partial charge in [0.25, 0.3) is 5.91 Å². The molecule has 0 saturated carbocycles. The fraction of sp³-hybridized carbons (Fsp3) is 0.364. The molecule has 0 spiro atoms. The molecule has 0 heterocycles. The van der Waals surface area contributed by atoms with Crippen molar-refractivity contribution in [1.29, 1.82) is 0 Å². The van der Waals surface area contributed by atoms with E-state index in [1.165, 1.54) is 27.4 Å². The van der Waals surface area contributed by atoms with Crippen molar-refractivity contribution in [3.8, 4) is 23.0 Å². The van der Waals surface area contributed by atoms with Crippen molar-refractivity contribution < 1.29 is 33.3 Å². The summed E-state index contributed by atoms with van der Waals surface area (Å²) < 4.78 is 26.4. The van der Waals surface area contributed by atoms with Gasteiger partial charge in [0.15, 0.2) is 29.6 Å². The number of esters is 1. The molecule has 162 valence electrons. The van der Waals surface area contributed by atoms with Gasteiger partial charge in [0.1, 0.15) is 0 Å². The van der Waals surface area contributed by atoms with Crippen LogP contribution in [-0.2, 0) is 9.53 Å². The predicted octanol–water partition coefficient (Wildman–Crippen LogP) is 3.69. The molecule has 0 unspecified atom stereocenters. The fourth-order valence-corrected chi connectivity index (χ4v) is 2.57. The van der Waals surface area contributed by atoms with Crippen molar-refractivity contribution in [2.24, 2.45) is 0 Å². The van der Waals surface area contributed by atoms with Crippen molar-refractivity contribution in [1.82, 2.24) is 0 Å². The van der Waals surface area contributed by atoms with Crippen LogP contribution in [0.2, 0.25) is 0 Å². The normalized spacial score (nSPS) is 10.1. The summed E-state index contributed by atoms with van der Waals surface area (Å²) in [5.41, 5.74) is 0.748. The molecule has 0 fully saturated rings. The second-order valence-corrected chi connectivity index (χ2v) is 6.26. The molecule has 2 rings (SSSR count). The third kappa shape index (κ3) is 6.30. The van der Waals surface area contributed by atoms with E-state index in [9.17, 15) is 9.59 Å². The molecule has 2 aromatic rings. The van der Waals surface area contributed by atoms with Gasteiger partial charge in [-0.05, 0) is 36.8 Å². The third-order valence-corrected chi connectivity index (χ3v) is 4.16. The van der Waals surface area contributed by atoms with E-state index >= 15 is 0 Å². The van der Waals surface area contributed by atoms with Crippen molar-refractivity contribution in [3.05, 3.63) is 42.0 Å². The minimum Gasteiger partial charge on any atom is -0.493 e. The van der Waals surface area contributed by atoms with E-state index in [-0.39, 0.29) is 5.56 Å². The number of nitrogens with one attached hydrogen (secondary N) is 1. The summed E-state index contributed by atoms with van der Waals surface area (Å²) in [6.45, 7) is 2.19. The van der Waals surface area contributed by atoms with Crippen LogP contribution in [0, 0.1) is 0 Å². The molecule has 0 radical (unpaired) electrons. The summed E-state index contributed by atoms with van der Waals surface area (Å²) in [6, 6.07) is 9.67. The molecular weight excluding hydrogens is 390 g/mol. The van der Waals surface area contributed by atoms with Crippen LogP contribution in [-0.4, -0.2) is 46.4 Å². The number of hydrogen-bond donors (Lipinski definition) is 1. The van der Waals surface area contributed by atoms with Gasteiger partial charge in [0.05, 0.1) is 33.5 Å². The van der Waals surface area contributed by atoms with Crippen LogP contribution < -0.4 is 24.3 Å². The lowest BCUT2D eigenvalue weighted by atomic mass is 10.2. The highest BCUT2D eigenvalue weighted by Crippen LogP contribution is 2.30. The highest BCUT2D eigenvalue weighted by atomic mass is 16.5. The number of methoxy groups -OCH3 is 3. The van der Waals surface area contributed by atoms with Gasteiger partial charge >= 0.3 is 5.97 Å². The first-order valence-corrected chi connectivity index (χ1v) is 9.52. The summed E-state index contributed by atoms with van der Waals surface area (Å²) in [6.07, 6.45) is 1.93. The van der Waals surface area contributed by atoms with E-state index in [0.717, 1.165) is 12.8 Å². The lowest BCUT2D eigenvalue weighted by Gasteiger charge is -2.12. The summed E-state index contributed by atoms with van der Waals surface area (Å²) in [7, 11) is 4.52. The number of carbonyl (C=O) groups is 2. The Morgan fingerprint density at radius 2 is 1.53 bits per heavy atom. The lowest BCUT2D eigenvalue weighted by Crippen LogP contribution is -2.21. The van der Waals surface area contributed by atoms with Crippen molar-refractivity contribution in [2.75, 3.05) is 39.9 Å². The van der Waals surface area contributed by atoms with Gasteiger partial charge in [0, 0.05) is 11.8 Å². The number of benzene rings is 2. The molecule has 30 heavy (non-hydrogen) atoms. The van der Waals surface area contributed by atoms with Crippen molar-refractivity contribution >= 4 is 17.6 Å². The fourth-order valence-electron chi connectivity index (χ4n) is 2.57. The quantitative estimate of drug-likeness (QED) is 0.440. The van der Waals surface area contributed by atoms with E-state index < -0.39 is 18.5 Å². The van der Waals surface area contributed by atoms with E-state index in [4.69, 9.17) is 23.7 Å². The maximum absolute atomic E-state index is 12.3. The average Bonchev–Trinajstić information content (AvgIpc) is 2.77. The molecular formula is C22H27NO7. The largest absolute Gasteiger partial charge is 0.493 e. The number of rotatable bonds is 11. The Hall–Kier alpha value is -3.42. The lowest BCUT2D eigenvalue weighted by molar-refractivity contribution is -0.119. The molecule has 1 amide bonds. The molecule has 0 bridgehead atoms. The molecule has 8 heteroatoms. The highest BCUT2D eigenvalue weighted by molar-refractivity contribution is 5.96. The van der Waals surface area contributed by atoms with Gasteiger partial charge in [-0.1, -0.05) is 13.3 Å². The van der Waals surface area contributed by atoms with Crippen molar-refractivity contribution in [2.45, 2.75) is 19.8 Å². The molecule has 8 nitrogen and oxygen atoms in total. The topological polar surface area (TPSA) is 92.3 Å². The number of anilines is 1. The number of ether oxygens (including phenoxy) is 5. The van der Waals surface area contributed by atoms with Crippen LogP contribution in [0.4, 0.5) is 5.69 Å². The maximum Gasteiger partial charge on any atom is 0.338 e. The maximum atomic E-state index is 12.3. The minimum absolute atomic E-state index is 0.258. The Balaban J connectivity index is 1.94. The van der Waals surface area contributed by atoms with E-state index in [1.807, 2.05) is 0 Å². The first-order chi connectivity index (χ1) is 14.5. The molecule has 0 atom stereocenters. The summed E-state index contributed by atoms with van der Waals surface area (Å²) in [5.74, 6) is 0.862. The Morgan fingerprint density at radius 1 is 0.867 bits per heavy atom. The Morgan fingerprint density at radius 3 is 2.20 bits per heavy atom.